The monoisotopic (exact) mass is 281 g/mol. The molecule has 21 heavy (non-hydrogen) atoms. The summed E-state index contributed by atoms with van der Waals surface area (Å²) in [6, 6.07) is 11.0. The molecule has 2 aliphatic rings. The van der Waals surface area contributed by atoms with Crippen molar-refractivity contribution >= 4 is 0 Å². The van der Waals surface area contributed by atoms with Crippen LogP contribution in [0.15, 0.2) is 30.3 Å². The molecule has 0 amide bonds. The maximum atomic E-state index is 9.90. The van der Waals surface area contributed by atoms with Crippen LogP contribution in [0, 0.1) is 0 Å². The van der Waals surface area contributed by atoms with Crippen molar-refractivity contribution in [3.8, 4) is 16.9 Å². The van der Waals surface area contributed by atoms with Crippen molar-refractivity contribution in [2.24, 2.45) is 0 Å². The molecule has 1 unspecified atom stereocenters. The maximum Gasteiger partial charge on any atom is 0.125 e. The molecule has 0 radical (unpaired) electrons. The Morgan fingerprint density at radius 3 is 2.95 bits per heavy atom. The lowest BCUT2D eigenvalue weighted by Gasteiger charge is -2.36. The van der Waals surface area contributed by atoms with Gasteiger partial charge < -0.3 is 15.2 Å². The Balaban J connectivity index is 2.09. The summed E-state index contributed by atoms with van der Waals surface area (Å²) >= 11 is 0. The van der Waals surface area contributed by atoms with Crippen molar-refractivity contribution in [2.45, 2.75) is 25.5 Å². The van der Waals surface area contributed by atoms with E-state index >= 15 is 0 Å². The number of hydrogen-bond donors (Lipinski definition) is 2. The van der Waals surface area contributed by atoms with Gasteiger partial charge >= 0.3 is 0 Å². The first kappa shape index (κ1) is 12.9. The minimum Gasteiger partial charge on any atom is -0.496 e. The molecule has 2 aromatic rings. The van der Waals surface area contributed by atoms with Crippen molar-refractivity contribution in [3.05, 3.63) is 52.6 Å². The van der Waals surface area contributed by atoms with Crippen molar-refractivity contribution in [2.75, 3.05) is 13.7 Å². The Bertz CT molecular complexity index is 709. The third kappa shape index (κ3) is 1.81. The van der Waals surface area contributed by atoms with Crippen molar-refractivity contribution < 1.29 is 9.84 Å². The first-order valence-corrected chi connectivity index (χ1v) is 7.48. The van der Waals surface area contributed by atoms with E-state index in [2.05, 4.69) is 35.6 Å². The molecular formula is C18H19NO2. The lowest BCUT2D eigenvalue weighted by Crippen LogP contribution is -2.34. The van der Waals surface area contributed by atoms with Crippen molar-refractivity contribution in [3.63, 3.8) is 0 Å². The second kappa shape index (κ2) is 4.86. The Labute approximate surface area is 124 Å². The zero-order valence-electron chi connectivity index (χ0n) is 12.1. The smallest absolute Gasteiger partial charge is 0.125 e. The molecule has 2 aromatic carbocycles. The van der Waals surface area contributed by atoms with Gasteiger partial charge in [0.1, 0.15) is 5.75 Å². The fraction of sp³-hybridized carbons (Fsp3) is 0.333. The highest BCUT2D eigenvalue weighted by atomic mass is 16.5. The first-order chi connectivity index (χ1) is 10.3. The zero-order chi connectivity index (χ0) is 14.4. The summed E-state index contributed by atoms with van der Waals surface area (Å²) in [5, 5.41) is 13.5. The minimum absolute atomic E-state index is 0.00679. The number of methoxy groups -OCH3 is 1. The van der Waals surface area contributed by atoms with Gasteiger partial charge in [-0.1, -0.05) is 24.3 Å². The Hall–Kier alpha value is -1.84. The number of aliphatic hydroxyl groups excluding tert-OH is 1. The summed E-state index contributed by atoms with van der Waals surface area (Å²) < 4.78 is 5.54. The summed E-state index contributed by atoms with van der Waals surface area (Å²) in [6.07, 6.45) is 2.04. The minimum atomic E-state index is 0.00679. The van der Waals surface area contributed by atoms with E-state index in [1.165, 1.54) is 27.8 Å². The number of ether oxygens (including phenoxy) is 1. The Morgan fingerprint density at radius 2 is 2.14 bits per heavy atom. The van der Waals surface area contributed by atoms with Gasteiger partial charge in [0.15, 0.2) is 0 Å². The van der Waals surface area contributed by atoms with Crippen LogP contribution in [-0.4, -0.2) is 18.8 Å². The summed E-state index contributed by atoms with van der Waals surface area (Å²) in [5.41, 5.74) is 7.42. The van der Waals surface area contributed by atoms with Crippen LogP contribution >= 0.6 is 0 Å². The molecule has 0 bridgehead atoms. The molecule has 4 rings (SSSR count). The molecule has 108 valence electrons. The normalized spacial score (nSPS) is 18.9. The standard InChI is InChI=1S/C18H19NO2/c1-21-16-9-12-6-7-19-15-8-11-4-2-3-5-13(11)18(17(12)15)14(16)10-20/h2-5,9,15,19-20H,6-8,10H2,1H3. The average molecular weight is 281 g/mol. The van der Waals surface area contributed by atoms with Crippen molar-refractivity contribution in [1.82, 2.24) is 5.32 Å². The van der Waals surface area contributed by atoms with Crippen LogP contribution in [0.2, 0.25) is 0 Å². The third-order valence-electron chi connectivity index (χ3n) is 4.74. The van der Waals surface area contributed by atoms with Crippen LogP contribution in [0.1, 0.15) is 28.3 Å². The van der Waals surface area contributed by atoms with Gasteiger partial charge in [-0.15, -0.1) is 0 Å². The molecule has 3 heteroatoms. The molecule has 0 saturated heterocycles. The average Bonchev–Trinajstić information content (AvgIpc) is 2.54. The van der Waals surface area contributed by atoms with Gasteiger partial charge in [-0.25, -0.2) is 0 Å². The van der Waals surface area contributed by atoms with E-state index in [-0.39, 0.29) is 6.61 Å². The van der Waals surface area contributed by atoms with E-state index < -0.39 is 0 Å². The molecule has 1 aliphatic carbocycles. The Morgan fingerprint density at radius 1 is 1.29 bits per heavy atom. The van der Waals surface area contributed by atoms with Gasteiger partial charge in [-0.2, -0.15) is 0 Å². The highest BCUT2D eigenvalue weighted by Gasteiger charge is 2.32. The molecule has 1 atom stereocenters. The molecule has 0 saturated carbocycles. The molecule has 1 aliphatic heterocycles. The van der Waals surface area contributed by atoms with Crippen LogP contribution in [0.25, 0.3) is 11.1 Å². The van der Waals surface area contributed by atoms with Gasteiger partial charge in [-0.05, 0) is 53.3 Å². The summed E-state index contributed by atoms with van der Waals surface area (Å²) in [5.74, 6) is 0.809. The lowest BCUT2D eigenvalue weighted by atomic mass is 9.76. The summed E-state index contributed by atoms with van der Waals surface area (Å²) in [4.78, 5) is 0. The van der Waals surface area contributed by atoms with Crippen molar-refractivity contribution in [1.29, 1.82) is 0 Å². The molecule has 0 spiro atoms. The predicted octanol–water partition coefficient (Wildman–Crippen LogP) is 2.60. The predicted molar refractivity (Wildman–Crippen MR) is 82.5 cm³/mol. The van der Waals surface area contributed by atoms with E-state index in [0.717, 1.165) is 30.7 Å². The highest BCUT2D eigenvalue weighted by molar-refractivity contribution is 5.80. The molecule has 3 nitrogen and oxygen atoms in total. The molecule has 0 fully saturated rings. The second-order valence-electron chi connectivity index (χ2n) is 5.78. The van der Waals surface area contributed by atoms with E-state index in [4.69, 9.17) is 4.74 Å². The SMILES string of the molecule is COc1cc2c3c(c1CO)-c1ccccc1CC3NCC2. The number of benzene rings is 2. The molecular weight excluding hydrogens is 262 g/mol. The number of nitrogens with one attached hydrogen (secondary N) is 1. The quantitative estimate of drug-likeness (QED) is 0.889. The zero-order valence-corrected chi connectivity index (χ0v) is 12.1. The molecule has 1 heterocycles. The fourth-order valence-corrected chi connectivity index (χ4v) is 3.84. The van der Waals surface area contributed by atoms with E-state index in [1.54, 1.807) is 7.11 Å². The van der Waals surface area contributed by atoms with Gasteiger partial charge in [0.25, 0.3) is 0 Å². The fourth-order valence-electron chi connectivity index (χ4n) is 3.84. The number of hydrogen-bond acceptors (Lipinski definition) is 3. The van der Waals surface area contributed by atoms with E-state index in [9.17, 15) is 5.11 Å². The van der Waals surface area contributed by atoms with Gasteiger partial charge in [0.2, 0.25) is 0 Å². The molecule has 0 aromatic heterocycles. The van der Waals surface area contributed by atoms with Gasteiger partial charge in [0, 0.05) is 11.6 Å². The largest absolute Gasteiger partial charge is 0.496 e. The van der Waals surface area contributed by atoms with Gasteiger partial charge in [-0.3, -0.25) is 0 Å². The second-order valence-corrected chi connectivity index (χ2v) is 5.78. The van der Waals surface area contributed by atoms with Crippen LogP contribution in [0.3, 0.4) is 0 Å². The maximum absolute atomic E-state index is 9.90. The van der Waals surface area contributed by atoms with Crippen LogP contribution in [-0.2, 0) is 19.4 Å². The first-order valence-electron chi connectivity index (χ1n) is 7.48. The number of fused-ring (bicyclic) bond motifs is 2. The Kier molecular flexibility index (Phi) is 2.98. The van der Waals surface area contributed by atoms with Crippen LogP contribution in [0.4, 0.5) is 0 Å². The summed E-state index contributed by atoms with van der Waals surface area (Å²) in [6.45, 7) is 1.01. The number of aliphatic hydroxyl groups is 1. The van der Waals surface area contributed by atoms with E-state index in [1.807, 2.05) is 0 Å². The summed E-state index contributed by atoms with van der Waals surface area (Å²) in [7, 11) is 1.68. The third-order valence-corrected chi connectivity index (χ3v) is 4.74. The van der Waals surface area contributed by atoms with Crippen LogP contribution < -0.4 is 10.1 Å². The van der Waals surface area contributed by atoms with E-state index in [0.29, 0.717) is 6.04 Å². The van der Waals surface area contributed by atoms with Gasteiger partial charge in [0.05, 0.1) is 13.7 Å². The topological polar surface area (TPSA) is 41.5 Å². The number of rotatable bonds is 2. The molecule has 2 N–H and O–H groups in total. The lowest BCUT2D eigenvalue weighted by molar-refractivity contribution is 0.273. The van der Waals surface area contributed by atoms with Crippen LogP contribution in [0.5, 0.6) is 5.75 Å². The highest BCUT2D eigenvalue weighted by Crippen LogP contribution is 2.46.